The summed E-state index contributed by atoms with van der Waals surface area (Å²) in [6.45, 7) is 10.5. The van der Waals surface area contributed by atoms with Gasteiger partial charge in [0.25, 0.3) is 0 Å². The number of pyridine rings is 1. The molecule has 2 heterocycles. The van der Waals surface area contributed by atoms with E-state index in [2.05, 4.69) is 29.6 Å². The van der Waals surface area contributed by atoms with Crippen LogP contribution in [-0.4, -0.2) is 51.3 Å². The number of rotatable bonds is 12. The van der Waals surface area contributed by atoms with Gasteiger partial charge in [0.15, 0.2) is 0 Å². The summed E-state index contributed by atoms with van der Waals surface area (Å²) in [7, 11) is -1.13. The van der Waals surface area contributed by atoms with E-state index in [-0.39, 0.29) is 18.6 Å². The Bertz CT molecular complexity index is 1050. The zero-order valence-electron chi connectivity index (χ0n) is 21.0. The van der Waals surface area contributed by atoms with Gasteiger partial charge < -0.3 is 24.7 Å². The Morgan fingerprint density at radius 1 is 1.29 bits per heavy atom. The van der Waals surface area contributed by atoms with Gasteiger partial charge in [-0.05, 0) is 37.4 Å². The minimum Gasteiger partial charge on any atom is -0.492 e. The molecule has 0 aliphatic carbocycles. The lowest BCUT2D eigenvalue weighted by atomic mass is 9.98. The normalized spacial score (nSPS) is 15.7. The van der Waals surface area contributed by atoms with Crippen molar-refractivity contribution in [2.75, 3.05) is 26.6 Å². The van der Waals surface area contributed by atoms with Crippen molar-refractivity contribution in [1.29, 1.82) is 0 Å². The number of carbonyl (C=O) groups excluding carboxylic acids is 1. The number of hydrogen-bond acceptors (Lipinski definition) is 8. The van der Waals surface area contributed by atoms with Crippen LogP contribution in [0.25, 0.3) is 0 Å². The highest BCUT2D eigenvalue weighted by Crippen LogP contribution is 2.39. The van der Waals surface area contributed by atoms with Gasteiger partial charge in [-0.15, -0.1) is 0 Å². The van der Waals surface area contributed by atoms with E-state index in [1.807, 2.05) is 24.3 Å². The first-order valence-electron chi connectivity index (χ1n) is 11.9. The first-order valence-corrected chi connectivity index (χ1v) is 15.6. The van der Waals surface area contributed by atoms with Crippen LogP contribution in [0.4, 0.5) is 0 Å². The van der Waals surface area contributed by atoms with Crippen LogP contribution in [0.5, 0.6) is 17.4 Å². The van der Waals surface area contributed by atoms with Crippen LogP contribution in [-0.2, 0) is 14.3 Å². The SMILES string of the molecule is CCOC(=O)CC1COc2cc(Oc3ccc(C(C=CN)=NCOCC[Si](C)(C)C)cn3)ccc21. The standard InChI is InChI=1S/C26H35N3O5Si/c1-5-32-26(30)14-20-17-33-24-15-21(7-8-22(20)24)34-25-9-6-19(16-28-25)23(10-11-27)29-18-31-12-13-35(2,3)4/h6-11,15-16,20H,5,12-14,17-18,27H2,1-4H3. The summed E-state index contributed by atoms with van der Waals surface area (Å²) in [6.07, 6.45) is 5.17. The van der Waals surface area contributed by atoms with E-state index in [9.17, 15) is 4.79 Å². The van der Waals surface area contributed by atoms with Crippen molar-refractivity contribution in [2.45, 2.75) is 44.9 Å². The molecule has 1 aliphatic heterocycles. The maximum Gasteiger partial charge on any atom is 0.306 e. The van der Waals surface area contributed by atoms with Crippen molar-refractivity contribution >= 4 is 19.8 Å². The zero-order valence-corrected chi connectivity index (χ0v) is 22.0. The molecule has 1 unspecified atom stereocenters. The van der Waals surface area contributed by atoms with E-state index in [4.69, 9.17) is 24.7 Å². The first-order chi connectivity index (χ1) is 16.8. The third kappa shape index (κ3) is 8.22. The quantitative estimate of drug-likeness (QED) is 0.193. The number of aromatic nitrogens is 1. The van der Waals surface area contributed by atoms with Gasteiger partial charge in [0.05, 0.1) is 25.3 Å². The molecule has 35 heavy (non-hydrogen) atoms. The van der Waals surface area contributed by atoms with Crippen LogP contribution in [0.15, 0.2) is 53.8 Å². The van der Waals surface area contributed by atoms with E-state index >= 15 is 0 Å². The number of fused-ring (bicyclic) bond motifs is 1. The van der Waals surface area contributed by atoms with Crippen LogP contribution in [0.3, 0.4) is 0 Å². The molecule has 0 radical (unpaired) electrons. The fourth-order valence-corrected chi connectivity index (χ4v) is 4.27. The zero-order chi connectivity index (χ0) is 25.3. The fraction of sp³-hybridized carbons (Fsp3) is 0.423. The largest absolute Gasteiger partial charge is 0.492 e. The molecule has 8 nitrogen and oxygen atoms in total. The molecule has 0 amide bonds. The molecule has 1 aromatic heterocycles. The number of ether oxygens (including phenoxy) is 4. The number of carbonyl (C=O) groups is 1. The summed E-state index contributed by atoms with van der Waals surface area (Å²) in [4.78, 5) is 20.7. The van der Waals surface area contributed by atoms with Crippen molar-refractivity contribution in [2.24, 2.45) is 10.7 Å². The topological polar surface area (TPSA) is 105 Å². The van der Waals surface area contributed by atoms with E-state index in [0.717, 1.165) is 17.2 Å². The molecule has 1 atom stereocenters. The fourth-order valence-electron chi connectivity index (χ4n) is 3.51. The van der Waals surface area contributed by atoms with Crippen LogP contribution in [0, 0.1) is 0 Å². The Morgan fingerprint density at radius 3 is 2.80 bits per heavy atom. The predicted molar refractivity (Wildman–Crippen MR) is 139 cm³/mol. The molecule has 2 aromatic rings. The third-order valence-electron chi connectivity index (χ3n) is 5.41. The molecule has 0 saturated carbocycles. The second-order valence-electron chi connectivity index (χ2n) is 9.45. The lowest BCUT2D eigenvalue weighted by Crippen LogP contribution is -2.21. The first kappa shape index (κ1) is 26.4. The van der Waals surface area contributed by atoms with Gasteiger partial charge in [-0.1, -0.05) is 25.7 Å². The molecule has 0 spiro atoms. The highest BCUT2D eigenvalue weighted by Gasteiger charge is 2.27. The molecule has 1 aromatic carbocycles. The molecular formula is C26H35N3O5Si. The van der Waals surface area contributed by atoms with Crippen LogP contribution >= 0.6 is 0 Å². The Labute approximate surface area is 208 Å². The number of aliphatic imine (C=N–C) groups is 1. The number of allylic oxidation sites excluding steroid dienone is 1. The smallest absolute Gasteiger partial charge is 0.306 e. The summed E-state index contributed by atoms with van der Waals surface area (Å²) in [5, 5.41) is 0. The number of esters is 1. The lowest BCUT2D eigenvalue weighted by Gasteiger charge is -2.14. The Morgan fingerprint density at radius 2 is 2.11 bits per heavy atom. The molecule has 1 aliphatic rings. The second-order valence-corrected chi connectivity index (χ2v) is 15.1. The van der Waals surface area contributed by atoms with Crippen LogP contribution in [0.1, 0.15) is 30.4 Å². The van der Waals surface area contributed by atoms with Crippen molar-refractivity contribution in [1.82, 2.24) is 4.98 Å². The summed E-state index contributed by atoms with van der Waals surface area (Å²) < 4.78 is 22.4. The van der Waals surface area contributed by atoms with E-state index in [1.54, 1.807) is 25.3 Å². The van der Waals surface area contributed by atoms with Crippen molar-refractivity contribution in [3.05, 3.63) is 59.9 Å². The predicted octanol–water partition coefficient (Wildman–Crippen LogP) is 4.88. The van der Waals surface area contributed by atoms with Crippen molar-refractivity contribution in [3.63, 3.8) is 0 Å². The third-order valence-corrected chi connectivity index (χ3v) is 7.12. The number of hydrogen-bond donors (Lipinski definition) is 1. The minimum absolute atomic E-state index is 0.0108. The molecule has 0 saturated heterocycles. The van der Waals surface area contributed by atoms with E-state index < -0.39 is 8.07 Å². The molecule has 0 bridgehead atoms. The maximum absolute atomic E-state index is 11.8. The van der Waals surface area contributed by atoms with Gasteiger partial charge in [0.2, 0.25) is 5.88 Å². The van der Waals surface area contributed by atoms with Crippen molar-refractivity contribution < 1.29 is 23.7 Å². The minimum atomic E-state index is -1.13. The monoisotopic (exact) mass is 497 g/mol. The van der Waals surface area contributed by atoms with Gasteiger partial charge in [-0.3, -0.25) is 9.79 Å². The summed E-state index contributed by atoms with van der Waals surface area (Å²) >= 11 is 0. The highest BCUT2D eigenvalue weighted by atomic mass is 28.3. The van der Waals surface area contributed by atoms with Gasteiger partial charge in [0.1, 0.15) is 18.2 Å². The summed E-state index contributed by atoms with van der Waals surface area (Å²) in [5.41, 5.74) is 8.09. The van der Waals surface area contributed by atoms with E-state index in [0.29, 0.717) is 49.3 Å². The Kier molecular flexibility index (Phi) is 9.45. The number of benzene rings is 1. The molecular weight excluding hydrogens is 462 g/mol. The van der Waals surface area contributed by atoms with Crippen LogP contribution in [0.2, 0.25) is 25.7 Å². The van der Waals surface area contributed by atoms with Gasteiger partial charge in [0, 0.05) is 50.1 Å². The molecule has 2 N–H and O–H groups in total. The number of nitrogens with two attached hydrogens (primary N) is 1. The summed E-state index contributed by atoms with van der Waals surface area (Å²) in [5.74, 6) is 1.53. The molecule has 188 valence electrons. The molecule has 0 fully saturated rings. The average Bonchev–Trinajstić information content (AvgIpc) is 3.20. The number of nitrogens with zero attached hydrogens (tertiary/aromatic N) is 2. The highest BCUT2D eigenvalue weighted by molar-refractivity contribution is 6.76. The van der Waals surface area contributed by atoms with E-state index in [1.165, 1.54) is 6.20 Å². The van der Waals surface area contributed by atoms with Crippen LogP contribution < -0.4 is 15.2 Å². The molecule has 3 rings (SSSR count). The average molecular weight is 498 g/mol. The summed E-state index contributed by atoms with van der Waals surface area (Å²) in [6, 6.07) is 10.3. The van der Waals surface area contributed by atoms with Gasteiger partial charge >= 0.3 is 5.97 Å². The second kappa shape index (κ2) is 12.5. The Hall–Kier alpha value is -3.17. The molecule has 9 heteroatoms. The lowest BCUT2D eigenvalue weighted by molar-refractivity contribution is -0.143. The maximum atomic E-state index is 11.8. The van der Waals surface area contributed by atoms with Crippen molar-refractivity contribution in [3.8, 4) is 17.4 Å². The Balaban J connectivity index is 1.60. The van der Waals surface area contributed by atoms with Gasteiger partial charge in [-0.25, -0.2) is 4.98 Å². The van der Waals surface area contributed by atoms with Gasteiger partial charge in [-0.2, -0.15) is 0 Å².